The van der Waals surface area contributed by atoms with Gasteiger partial charge in [-0.25, -0.2) is 13.2 Å². The van der Waals surface area contributed by atoms with Gasteiger partial charge >= 0.3 is 6.18 Å². The first-order valence-electron chi connectivity index (χ1n) is 11.9. The first kappa shape index (κ1) is 26.9. The Morgan fingerprint density at radius 2 is 1.82 bits per heavy atom. The van der Waals surface area contributed by atoms with E-state index in [0.29, 0.717) is 17.5 Å². The number of pyridine rings is 1. The van der Waals surface area contributed by atoms with Crippen LogP contribution in [0.25, 0.3) is 33.6 Å². The number of carbonyl (C=O) groups excluding carboxylic acids is 1. The lowest BCUT2D eigenvalue weighted by atomic mass is 9.94. The van der Waals surface area contributed by atoms with Gasteiger partial charge in [0.15, 0.2) is 17.5 Å². The van der Waals surface area contributed by atoms with Crippen molar-refractivity contribution in [1.29, 1.82) is 0 Å². The maximum absolute atomic E-state index is 14.4. The predicted octanol–water partition coefficient (Wildman–Crippen LogP) is 6.75. The number of nitrogens with zero attached hydrogens (tertiary/aromatic N) is 3. The van der Waals surface area contributed by atoms with Gasteiger partial charge in [-0.3, -0.25) is 9.48 Å². The Morgan fingerprint density at radius 3 is 2.48 bits per heavy atom. The summed E-state index contributed by atoms with van der Waals surface area (Å²) < 4.78 is 92.4. The standard InChI is InChI=1S/C28H20F6N4O2/c1-3-40-8-6-14-11-22(27(39)15-9-19(29)24(31)20(30)10-15)38-7-4-5-16(26(14)38)23-18(28(32,33)34)12-21-17(25(23)35)13-36-37(21)2/h4-13H,3,35H2,1-2H3. The van der Waals surface area contributed by atoms with Crippen LogP contribution in [0.5, 0.6) is 0 Å². The summed E-state index contributed by atoms with van der Waals surface area (Å²) in [6, 6.07) is 6.22. The molecule has 0 spiro atoms. The fraction of sp³-hybridized carbons (Fsp3) is 0.143. The van der Waals surface area contributed by atoms with Crippen molar-refractivity contribution < 1.29 is 35.9 Å². The van der Waals surface area contributed by atoms with Gasteiger partial charge in [0.25, 0.3) is 0 Å². The highest BCUT2D eigenvalue weighted by atomic mass is 19.4. The minimum atomic E-state index is -4.82. The molecule has 0 atom stereocenters. The number of aryl methyl sites for hydroxylation is 1. The van der Waals surface area contributed by atoms with Gasteiger partial charge in [0, 0.05) is 40.9 Å². The second-order valence-corrected chi connectivity index (χ2v) is 8.88. The number of carbonyl (C=O) groups is 1. The number of hydrogen-bond donors (Lipinski definition) is 1. The Morgan fingerprint density at radius 1 is 1.12 bits per heavy atom. The van der Waals surface area contributed by atoms with Crippen LogP contribution < -0.4 is 5.73 Å². The molecule has 12 heteroatoms. The Balaban J connectivity index is 1.84. The van der Waals surface area contributed by atoms with Crippen LogP contribution in [0.3, 0.4) is 0 Å². The van der Waals surface area contributed by atoms with Crippen LogP contribution in [-0.4, -0.2) is 26.6 Å². The summed E-state index contributed by atoms with van der Waals surface area (Å²) >= 11 is 0. The number of benzene rings is 2. The maximum atomic E-state index is 14.4. The lowest BCUT2D eigenvalue weighted by Crippen LogP contribution is -2.11. The second-order valence-electron chi connectivity index (χ2n) is 8.88. The molecule has 0 fully saturated rings. The van der Waals surface area contributed by atoms with Gasteiger partial charge in [-0.05, 0) is 43.3 Å². The third-order valence-electron chi connectivity index (χ3n) is 6.48. The summed E-state index contributed by atoms with van der Waals surface area (Å²) in [7, 11) is 1.49. The number of ketones is 1. The number of alkyl halides is 3. The zero-order valence-electron chi connectivity index (χ0n) is 21.0. The monoisotopic (exact) mass is 558 g/mol. The molecular weight excluding hydrogens is 538 g/mol. The maximum Gasteiger partial charge on any atom is 0.417 e. The van der Waals surface area contributed by atoms with Gasteiger partial charge in [-0.15, -0.1) is 0 Å². The Labute approximate surface area is 222 Å². The van der Waals surface area contributed by atoms with E-state index >= 15 is 0 Å². The smallest absolute Gasteiger partial charge is 0.417 e. The van der Waals surface area contributed by atoms with Gasteiger partial charge in [-0.2, -0.15) is 18.3 Å². The Hall–Kier alpha value is -4.74. The zero-order chi connectivity index (χ0) is 28.9. The molecule has 0 bridgehead atoms. The van der Waals surface area contributed by atoms with Crippen LogP contribution in [0.4, 0.5) is 32.0 Å². The molecule has 0 aliphatic rings. The van der Waals surface area contributed by atoms with Crippen molar-refractivity contribution in [3.63, 3.8) is 0 Å². The van der Waals surface area contributed by atoms with Crippen LogP contribution in [0, 0.1) is 17.5 Å². The minimum absolute atomic E-state index is 0.0322. The van der Waals surface area contributed by atoms with Gasteiger partial charge in [-0.1, -0.05) is 6.07 Å². The quantitative estimate of drug-likeness (QED) is 0.0823. The number of rotatable bonds is 6. The summed E-state index contributed by atoms with van der Waals surface area (Å²) in [4.78, 5) is 13.4. The van der Waals surface area contributed by atoms with Crippen LogP contribution in [0.15, 0.2) is 55.1 Å². The highest BCUT2D eigenvalue weighted by Crippen LogP contribution is 2.45. The van der Waals surface area contributed by atoms with E-state index in [2.05, 4.69) is 5.10 Å². The predicted molar refractivity (Wildman–Crippen MR) is 137 cm³/mol. The van der Waals surface area contributed by atoms with E-state index in [1.165, 1.54) is 59.1 Å². The molecule has 6 nitrogen and oxygen atoms in total. The first-order chi connectivity index (χ1) is 18.9. The van der Waals surface area contributed by atoms with Gasteiger partial charge in [0.1, 0.15) is 0 Å². The third kappa shape index (κ3) is 4.34. The number of aromatic nitrogens is 3. The molecule has 2 N–H and O–H groups in total. The van der Waals surface area contributed by atoms with E-state index in [0.717, 1.165) is 6.07 Å². The van der Waals surface area contributed by atoms with Crippen molar-refractivity contribution in [2.75, 3.05) is 12.3 Å². The van der Waals surface area contributed by atoms with E-state index in [1.807, 2.05) is 0 Å². The van der Waals surface area contributed by atoms with Crippen LogP contribution in [0.1, 0.15) is 34.1 Å². The molecule has 40 heavy (non-hydrogen) atoms. The van der Waals surface area contributed by atoms with Crippen molar-refractivity contribution in [2.45, 2.75) is 13.1 Å². The second kappa shape index (κ2) is 9.78. The molecule has 0 aliphatic carbocycles. The van der Waals surface area contributed by atoms with Crippen molar-refractivity contribution in [2.24, 2.45) is 7.05 Å². The molecule has 5 rings (SSSR count). The van der Waals surface area contributed by atoms with Crippen molar-refractivity contribution in [1.82, 2.24) is 14.2 Å². The average molecular weight is 558 g/mol. The normalized spacial score (nSPS) is 12.2. The third-order valence-corrected chi connectivity index (χ3v) is 6.48. The topological polar surface area (TPSA) is 74.5 Å². The Bertz CT molecular complexity index is 1810. The van der Waals surface area contributed by atoms with Crippen molar-refractivity contribution in [3.05, 3.63) is 94.9 Å². The lowest BCUT2D eigenvalue weighted by molar-refractivity contribution is -0.137. The van der Waals surface area contributed by atoms with Crippen molar-refractivity contribution >= 4 is 34.0 Å². The number of nitrogens with two attached hydrogens (primary N) is 1. The minimum Gasteiger partial charge on any atom is -0.501 e. The summed E-state index contributed by atoms with van der Waals surface area (Å²) in [6.07, 6.45) is 0.693. The summed E-state index contributed by atoms with van der Waals surface area (Å²) in [5.74, 6) is -5.75. The van der Waals surface area contributed by atoms with E-state index in [9.17, 15) is 31.1 Å². The first-order valence-corrected chi connectivity index (χ1v) is 11.9. The van der Waals surface area contributed by atoms with Crippen LogP contribution in [-0.2, 0) is 18.0 Å². The SMILES string of the molecule is CCOC=Cc1cc(C(=O)c2cc(F)c(F)c(F)c2)n2cccc(-c3c(C(F)(F)F)cc4c(cnn4C)c3N)c12. The van der Waals surface area contributed by atoms with Gasteiger partial charge < -0.3 is 14.9 Å². The fourth-order valence-corrected chi connectivity index (χ4v) is 4.67. The highest BCUT2D eigenvalue weighted by molar-refractivity contribution is 6.11. The van der Waals surface area contributed by atoms with E-state index in [4.69, 9.17) is 10.5 Å². The summed E-state index contributed by atoms with van der Waals surface area (Å²) in [5.41, 5.74) is 4.77. The molecule has 5 aromatic rings. The van der Waals surface area contributed by atoms with Gasteiger partial charge in [0.2, 0.25) is 5.78 Å². The number of ether oxygens (including phenoxy) is 1. The van der Waals surface area contributed by atoms with Crippen LogP contribution in [0.2, 0.25) is 0 Å². The van der Waals surface area contributed by atoms with E-state index in [-0.39, 0.29) is 45.7 Å². The lowest BCUT2D eigenvalue weighted by Gasteiger charge is -2.18. The number of nitrogen functional groups attached to an aromatic ring is 1. The zero-order valence-corrected chi connectivity index (χ0v) is 21.0. The van der Waals surface area contributed by atoms with E-state index in [1.54, 1.807) is 6.92 Å². The number of fused-ring (bicyclic) bond motifs is 2. The number of anilines is 1. The largest absolute Gasteiger partial charge is 0.501 e. The summed E-state index contributed by atoms with van der Waals surface area (Å²) in [6.45, 7) is 2.01. The van der Waals surface area contributed by atoms with Gasteiger partial charge in [0.05, 0.1) is 47.0 Å². The van der Waals surface area contributed by atoms with E-state index < -0.39 is 40.5 Å². The molecule has 0 saturated carbocycles. The number of halogens is 6. The molecule has 0 radical (unpaired) electrons. The molecule has 3 aromatic heterocycles. The molecule has 0 aliphatic heterocycles. The molecule has 2 aromatic carbocycles. The highest BCUT2D eigenvalue weighted by Gasteiger charge is 2.37. The molecule has 206 valence electrons. The fourth-order valence-electron chi connectivity index (χ4n) is 4.67. The Kier molecular flexibility index (Phi) is 6.56. The molecule has 0 unspecified atom stereocenters. The molecular formula is C28H20F6N4O2. The summed E-state index contributed by atoms with van der Waals surface area (Å²) in [5, 5.41) is 4.32. The average Bonchev–Trinajstić information content (AvgIpc) is 3.47. The number of hydrogen-bond acceptors (Lipinski definition) is 4. The molecule has 0 saturated heterocycles. The molecule has 3 heterocycles. The molecule has 0 amide bonds. The van der Waals surface area contributed by atoms with Crippen LogP contribution >= 0.6 is 0 Å². The van der Waals surface area contributed by atoms with Crippen molar-refractivity contribution in [3.8, 4) is 11.1 Å².